The number of hydrogen-bond acceptors (Lipinski definition) is 0. The number of rotatable bonds is 5. The predicted molar refractivity (Wildman–Crippen MR) is 208 cm³/mol. The topological polar surface area (TPSA) is 0 Å². The lowest BCUT2D eigenvalue weighted by Gasteiger charge is -2.19. The van der Waals surface area contributed by atoms with E-state index in [1.54, 1.807) is 0 Å². The van der Waals surface area contributed by atoms with Crippen molar-refractivity contribution in [3.8, 4) is 55.6 Å². The molecule has 8 aromatic rings. The molecule has 0 atom stereocenters. The van der Waals surface area contributed by atoms with E-state index in [1.807, 2.05) is 0 Å². The molecule has 0 aliphatic rings. The number of fused-ring (bicyclic) bond motifs is 2. The smallest absolute Gasteiger partial charge is 0.00929 e. The van der Waals surface area contributed by atoms with Crippen LogP contribution in [0.5, 0.6) is 0 Å². The maximum Gasteiger partial charge on any atom is -0.00929 e. The molecule has 48 heavy (non-hydrogen) atoms. The van der Waals surface area contributed by atoms with Gasteiger partial charge in [-0.3, -0.25) is 0 Å². The normalized spacial score (nSPS) is 11.3. The molecule has 0 radical (unpaired) electrons. The second-order valence-corrected chi connectivity index (χ2v) is 13.1. The summed E-state index contributed by atoms with van der Waals surface area (Å²) in [5.74, 6) is 0. The van der Waals surface area contributed by atoms with Crippen LogP contribution in [0.3, 0.4) is 0 Å². The van der Waals surface area contributed by atoms with E-state index < -0.39 is 0 Å². The Morgan fingerprint density at radius 2 is 0.521 bits per heavy atom. The van der Waals surface area contributed by atoms with Gasteiger partial charge in [0.25, 0.3) is 0 Å². The molecule has 0 heterocycles. The van der Waals surface area contributed by atoms with Crippen molar-refractivity contribution >= 4 is 21.5 Å². The maximum atomic E-state index is 2.43. The van der Waals surface area contributed by atoms with Crippen LogP contribution in [0, 0.1) is 27.7 Å². The zero-order valence-electron chi connectivity index (χ0n) is 28.0. The summed E-state index contributed by atoms with van der Waals surface area (Å²) < 4.78 is 0. The Labute approximate surface area is 284 Å². The van der Waals surface area contributed by atoms with Crippen LogP contribution in [0.1, 0.15) is 22.3 Å². The molecule has 230 valence electrons. The number of hydrogen-bond donors (Lipinski definition) is 0. The van der Waals surface area contributed by atoms with Crippen LogP contribution in [0.15, 0.2) is 158 Å². The van der Waals surface area contributed by atoms with Crippen LogP contribution in [0.4, 0.5) is 0 Å². The van der Waals surface area contributed by atoms with Gasteiger partial charge in [0.15, 0.2) is 0 Å². The number of aryl methyl sites for hydroxylation is 4. The molecule has 8 aromatic carbocycles. The lowest BCUT2D eigenvalue weighted by Crippen LogP contribution is -1.93. The lowest BCUT2D eigenvalue weighted by atomic mass is 9.85. The summed E-state index contributed by atoms with van der Waals surface area (Å²) in [6.45, 7) is 8.87. The zero-order valence-corrected chi connectivity index (χ0v) is 28.0. The zero-order chi connectivity index (χ0) is 32.8. The quantitative estimate of drug-likeness (QED) is 0.181. The first-order valence-electron chi connectivity index (χ1n) is 16.9. The van der Waals surface area contributed by atoms with Gasteiger partial charge < -0.3 is 0 Å². The van der Waals surface area contributed by atoms with Crippen LogP contribution in [-0.4, -0.2) is 0 Å². The van der Waals surface area contributed by atoms with E-state index in [-0.39, 0.29) is 0 Å². The Morgan fingerprint density at radius 1 is 0.229 bits per heavy atom. The van der Waals surface area contributed by atoms with E-state index in [9.17, 15) is 0 Å². The SMILES string of the molecule is Cc1ccccc1-c1cc(-c2cc(-c3ccccc3C)c3cccc(-c4ccccc4C)c3c2)cc2c(-c3ccccc3C)cccc12. The first kappa shape index (κ1) is 29.7. The van der Waals surface area contributed by atoms with Crippen molar-refractivity contribution in [2.24, 2.45) is 0 Å². The molecule has 0 fully saturated rings. The van der Waals surface area contributed by atoms with E-state index in [0.29, 0.717) is 0 Å². The highest BCUT2D eigenvalue weighted by Gasteiger charge is 2.18. The Hall–Kier alpha value is -5.72. The van der Waals surface area contributed by atoms with Crippen molar-refractivity contribution < 1.29 is 0 Å². The standard InChI is InChI=1S/C48H38/c1-31-15-5-9-19-37(31)41-23-13-25-43-45(39-21-11-7-17-33(39)3)27-35(29-47(41)43)36-28-46(40-22-12-8-18-34(40)4)44-26-14-24-42(48(44)30-36)38-20-10-6-16-32(38)2/h5-30H,1-4H3. The van der Waals surface area contributed by atoms with Gasteiger partial charge >= 0.3 is 0 Å². The fraction of sp³-hybridized carbons (Fsp3) is 0.0833. The Bertz CT molecular complexity index is 2320. The second-order valence-electron chi connectivity index (χ2n) is 13.1. The first-order chi connectivity index (χ1) is 23.5. The molecule has 0 bridgehead atoms. The third-order valence-electron chi connectivity index (χ3n) is 10.1. The molecule has 0 nitrogen and oxygen atoms in total. The summed E-state index contributed by atoms with van der Waals surface area (Å²) in [4.78, 5) is 0. The molecular formula is C48H38. The van der Waals surface area contributed by atoms with Crippen LogP contribution in [0.25, 0.3) is 77.2 Å². The Morgan fingerprint density at radius 3 is 0.854 bits per heavy atom. The van der Waals surface area contributed by atoms with E-state index >= 15 is 0 Å². The van der Waals surface area contributed by atoms with Crippen LogP contribution in [-0.2, 0) is 0 Å². The molecule has 0 aliphatic carbocycles. The van der Waals surface area contributed by atoms with E-state index in [4.69, 9.17) is 0 Å². The van der Waals surface area contributed by atoms with Gasteiger partial charge in [0.05, 0.1) is 0 Å². The van der Waals surface area contributed by atoms with E-state index in [1.165, 1.54) is 99.4 Å². The van der Waals surface area contributed by atoms with Gasteiger partial charge in [-0.1, -0.05) is 133 Å². The molecule has 0 aliphatic heterocycles. The van der Waals surface area contributed by atoms with Crippen LogP contribution >= 0.6 is 0 Å². The highest BCUT2D eigenvalue weighted by Crippen LogP contribution is 2.44. The molecule has 0 saturated heterocycles. The van der Waals surface area contributed by atoms with Gasteiger partial charge in [-0.05, 0) is 151 Å². The summed E-state index contributed by atoms with van der Waals surface area (Å²) in [5, 5.41) is 5.09. The first-order valence-corrected chi connectivity index (χ1v) is 16.9. The highest BCUT2D eigenvalue weighted by atomic mass is 14.2. The summed E-state index contributed by atoms with van der Waals surface area (Å²) >= 11 is 0. The third kappa shape index (κ3) is 5.11. The minimum atomic E-state index is 1.22. The molecule has 0 heteroatoms. The fourth-order valence-electron chi connectivity index (χ4n) is 7.52. The van der Waals surface area contributed by atoms with E-state index in [2.05, 4.69) is 185 Å². The molecule has 0 unspecified atom stereocenters. The lowest BCUT2D eigenvalue weighted by molar-refractivity contribution is 1.45. The van der Waals surface area contributed by atoms with Gasteiger partial charge in [0, 0.05) is 0 Å². The van der Waals surface area contributed by atoms with Gasteiger partial charge in [0.1, 0.15) is 0 Å². The summed E-state index contributed by atoms with van der Waals surface area (Å²) in [6, 6.07) is 58.3. The Balaban J connectivity index is 1.50. The van der Waals surface area contributed by atoms with Crippen molar-refractivity contribution in [1.29, 1.82) is 0 Å². The van der Waals surface area contributed by atoms with Crippen molar-refractivity contribution in [3.63, 3.8) is 0 Å². The van der Waals surface area contributed by atoms with Gasteiger partial charge in [-0.2, -0.15) is 0 Å². The van der Waals surface area contributed by atoms with Crippen LogP contribution < -0.4 is 0 Å². The number of benzene rings is 8. The average Bonchev–Trinajstić information content (AvgIpc) is 3.11. The molecular weight excluding hydrogens is 577 g/mol. The molecule has 0 N–H and O–H groups in total. The monoisotopic (exact) mass is 614 g/mol. The third-order valence-corrected chi connectivity index (χ3v) is 10.1. The molecule has 0 spiro atoms. The van der Waals surface area contributed by atoms with Crippen molar-refractivity contribution in [1.82, 2.24) is 0 Å². The van der Waals surface area contributed by atoms with Gasteiger partial charge in [-0.25, -0.2) is 0 Å². The fourth-order valence-corrected chi connectivity index (χ4v) is 7.52. The summed E-state index contributed by atoms with van der Waals surface area (Å²) in [7, 11) is 0. The molecule has 0 amide bonds. The average molecular weight is 615 g/mol. The summed E-state index contributed by atoms with van der Waals surface area (Å²) in [6.07, 6.45) is 0. The molecule has 0 saturated carbocycles. The molecule has 0 aromatic heterocycles. The Kier molecular flexibility index (Phi) is 7.50. The van der Waals surface area contributed by atoms with Crippen molar-refractivity contribution in [2.75, 3.05) is 0 Å². The van der Waals surface area contributed by atoms with Crippen LogP contribution in [0.2, 0.25) is 0 Å². The maximum absolute atomic E-state index is 2.43. The largest absolute Gasteiger partial charge is 0.0620 e. The van der Waals surface area contributed by atoms with E-state index in [0.717, 1.165) is 0 Å². The van der Waals surface area contributed by atoms with Gasteiger partial charge in [0.2, 0.25) is 0 Å². The molecule has 8 rings (SSSR count). The minimum absolute atomic E-state index is 1.22. The highest BCUT2D eigenvalue weighted by molar-refractivity contribution is 6.10. The van der Waals surface area contributed by atoms with Crippen molar-refractivity contribution in [2.45, 2.75) is 27.7 Å². The second kappa shape index (κ2) is 12.1. The summed E-state index contributed by atoms with van der Waals surface area (Å²) in [5.41, 5.74) is 17.7. The van der Waals surface area contributed by atoms with Crippen molar-refractivity contribution in [3.05, 3.63) is 180 Å². The van der Waals surface area contributed by atoms with Gasteiger partial charge in [-0.15, -0.1) is 0 Å². The minimum Gasteiger partial charge on any atom is -0.0620 e. The predicted octanol–water partition coefficient (Wildman–Crippen LogP) is 13.6.